The first-order chi connectivity index (χ1) is 18.4. The monoisotopic (exact) mass is 521 g/mol. The Bertz CT molecular complexity index is 1260. The Labute approximate surface area is 224 Å². The summed E-state index contributed by atoms with van der Waals surface area (Å²) in [6, 6.07) is 7.17. The predicted octanol–water partition coefficient (Wildman–Crippen LogP) is 4.28. The third-order valence-corrected chi connectivity index (χ3v) is 8.66. The van der Waals surface area contributed by atoms with Gasteiger partial charge in [-0.15, -0.1) is 0 Å². The maximum absolute atomic E-state index is 14.3. The minimum Gasteiger partial charge on any atom is -0.395 e. The quantitative estimate of drug-likeness (QED) is 0.503. The average Bonchev–Trinajstić information content (AvgIpc) is 3.32. The molecule has 0 unspecified atom stereocenters. The first-order valence-corrected chi connectivity index (χ1v) is 14.0. The summed E-state index contributed by atoms with van der Waals surface area (Å²) in [6.07, 6.45) is 10.4. The summed E-state index contributed by atoms with van der Waals surface area (Å²) >= 11 is 0. The van der Waals surface area contributed by atoms with Gasteiger partial charge in [-0.25, -0.2) is 4.39 Å². The lowest BCUT2D eigenvalue weighted by Gasteiger charge is -2.42. The van der Waals surface area contributed by atoms with Crippen LogP contribution in [0.3, 0.4) is 0 Å². The standard InChI is InChI=1S/C30H40FN5O2/c1-21(2)33(3)30(38)26-18-23(31)6-9-28(26)36-20-27(25-10-11-32-19-29(25)36)22-4-7-24(8-5-22)35-14-12-34(13-15-35)16-17-37/h6,9-11,18-22,24,37H,4-5,7-8,12-17H2,1-3H3/t22-,24-. The van der Waals surface area contributed by atoms with Gasteiger partial charge in [0.1, 0.15) is 5.82 Å². The van der Waals surface area contributed by atoms with Crippen LogP contribution in [0.1, 0.15) is 61.4 Å². The minimum absolute atomic E-state index is 0.00471. The molecule has 0 radical (unpaired) electrons. The number of rotatable bonds is 7. The molecule has 2 aromatic heterocycles. The minimum atomic E-state index is -0.417. The fourth-order valence-electron chi connectivity index (χ4n) is 6.18. The molecule has 1 aliphatic carbocycles. The Morgan fingerprint density at radius 2 is 1.87 bits per heavy atom. The molecule has 1 amide bonds. The topological polar surface area (TPSA) is 64.8 Å². The van der Waals surface area contributed by atoms with Crippen LogP contribution in [0.2, 0.25) is 0 Å². The molecule has 3 heterocycles. The summed E-state index contributed by atoms with van der Waals surface area (Å²) in [6.45, 7) is 9.13. The zero-order valence-corrected chi connectivity index (χ0v) is 22.8. The average molecular weight is 522 g/mol. The summed E-state index contributed by atoms with van der Waals surface area (Å²) in [7, 11) is 1.76. The molecule has 2 fully saturated rings. The molecule has 1 aromatic carbocycles. The number of piperazine rings is 1. The van der Waals surface area contributed by atoms with Crippen molar-refractivity contribution < 1.29 is 14.3 Å². The van der Waals surface area contributed by atoms with Gasteiger partial charge in [-0.05, 0) is 75.3 Å². The van der Waals surface area contributed by atoms with E-state index < -0.39 is 5.82 Å². The van der Waals surface area contributed by atoms with Gasteiger partial charge in [0.15, 0.2) is 0 Å². The van der Waals surface area contributed by atoms with Crippen LogP contribution in [0.25, 0.3) is 16.6 Å². The van der Waals surface area contributed by atoms with Gasteiger partial charge in [-0.3, -0.25) is 19.6 Å². The normalized spacial score (nSPS) is 21.3. The number of carbonyl (C=O) groups excluding carboxylic acids is 1. The third kappa shape index (κ3) is 5.35. The second-order valence-electron chi connectivity index (χ2n) is 11.1. The van der Waals surface area contributed by atoms with Crippen LogP contribution < -0.4 is 0 Å². The second-order valence-corrected chi connectivity index (χ2v) is 11.1. The SMILES string of the molecule is CC(C)N(C)C(=O)c1cc(F)ccc1-n1cc([C@H]2CC[C@H](N3CCN(CCO)CC3)CC2)c2ccncc21. The van der Waals surface area contributed by atoms with Gasteiger partial charge in [0.2, 0.25) is 0 Å². The molecule has 8 heteroatoms. The van der Waals surface area contributed by atoms with Crippen molar-refractivity contribution in [2.24, 2.45) is 0 Å². The number of aliphatic hydroxyl groups excluding tert-OH is 1. The highest BCUT2D eigenvalue weighted by Gasteiger charge is 2.30. The Morgan fingerprint density at radius 1 is 1.13 bits per heavy atom. The van der Waals surface area contributed by atoms with Gasteiger partial charge in [0.05, 0.1) is 29.6 Å². The van der Waals surface area contributed by atoms with Gasteiger partial charge in [-0.2, -0.15) is 0 Å². The van der Waals surface area contributed by atoms with Crippen molar-refractivity contribution in [3.05, 3.63) is 59.8 Å². The van der Waals surface area contributed by atoms with E-state index in [9.17, 15) is 14.3 Å². The number of hydrogen-bond donors (Lipinski definition) is 1. The molecule has 1 saturated carbocycles. The van der Waals surface area contributed by atoms with Crippen LogP contribution in [0.4, 0.5) is 4.39 Å². The number of aliphatic hydroxyl groups is 1. The summed E-state index contributed by atoms with van der Waals surface area (Å²) in [5.74, 6) is -0.174. The maximum atomic E-state index is 14.3. The number of β-amino-alcohol motifs (C(OH)–C–C–N with tert-alkyl or cyclic N) is 1. The van der Waals surface area contributed by atoms with Crippen LogP contribution in [0.15, 0.2) is 42.9 Å². The second kappa shape index (κ2) is 11.5. The Kier molecular flexibility index (Phi) is 8.12. The van der Waals surface area contributed by atoms with Crippen LogP contribution >= 0.6 is 0 Å². The Morgan fingerprint density at radius 3 is 2.55 bits per heavy atom. The highest BCUT2D eigenvalue weighted by Crippen LogP contribution is 2.40. The smallest absolute Gasteiger partial charge is 0.256 e. The van der Waals surface area contributed by atoms with E-state index >= 15 is 0 Å². The van der Waals surface area contributed by atoms with Gasteiger partial charge >= 0.3 is 0 Å². The fraction of sp³-hybridized carbons (Fsp3) is 0.533. The Hall–Kier alpha value is -2.81. The maximum Gasteiger partial charge on any atom is 0.256 e. The van der Waals surface area contributed by atoms with E-state index in [0.29, 0.717) is 23.2 Å². The number of carbonyl (C=O) groups is 1. The summed E-state index contributed by atoms with van der Waals surface area (Å²) < 4.78 is 16.4. The van der Waals surface area contributed by atoms with E-state index in [1.165, 1.54) is 30.5 Å². The van der Waals surface area contributed by atoms with Crippen LogP contribution in [0.5, 0.6) is 0 Å². The molecule has 0 atom stereocenters. The summed E-state index contributed by atoms with van der Waals surface area (Å²) in [4.78, 5) is 24.3. The van der Waals surface area contributed by atoms with E-state index in [1.807, 2.05) is 30.8 Å². The number of aromatic nitrogens is 2. The number of pyridine rings is 1. The third-order valence-electron chi connectivity index (χ3n) is 8.66. The zero-order valence-electron chi connectivity index (χ0n) is 22.8. The van der Waals surface area contributed by atoms with Gasteiger partial charge < -0.3 is 14.6 Å². The van der Waals surface area contributed by atoms with Crippen molar-refractivity contribution in [2.75, 3.05) is 46.4 Å². The van der Waals surface area contributed by atoms with E-state index in [0.717, 1.165) is 56.5 Å². The van der Waals surface area contributed by atoms with E-state index in [-0.39, 0.29) is 18.6 Å². The van der Waals surface area contributed by atoms with E-state index in [2.05, 4.69) is 27.0 Å². The largest absolute Gasteiger partial charge is 0.395 e. The van der Waals surface area contributed by atoms with Gasteiger partial charge in [0.25, 0.3) is 5.91 Å². The number of nitrogens with zero attached hydrogens (tertiary/aromatic N) is 5. The molecular weight excluding hydrogens is 481 g/mol. The molecule has 0 spiro atoms. The van der Waals surface area contributed by atoms with Crippen LogP contribution in [-0.2, 0) is 0 Å². The molecule has 1 N–H and O–H groups in total. The molecule has 1 saturated heterocycles. The van der Waals surface area contributed by atoms with Crippen LogP contribution in [-0.4, -0.2) is 93.7 Å². The number of fused-ring (bicyclic) bond motifs is 1. The summed E-state index contributed by atoms with van der Waals surface area (Å²) in [5, 5.41) is 10.4. The molecule has 0 bridgehead atoms. The first kappa shape index (κ1) is 26.8. The number of amides is 1. The predicted molar refractivity (Wildman–Crippen MR) is 148 cm³/mol. The summed E-state index contributed by atoms with van der Waals surface area (Å²) in [5.41, 5.74) is 3.27. The highest BCUT2D eigenvalue weighted by atomic mass is 19.1. The number of benzene rings is 1. The Balaban J connectivity index is 1.40. The lowest BCUT2D eigenvalue weighted by atomic mass is 9.81. The molecule has 204 valence electrons. The number of hydrogen-bond acceptors (Lipinski definition) is 5. The van der Waals surface area contributed by atoms with Crippen molar-refractivity contribution >= 4 is 16.8 Å². The molecular formula is C30H40FN5O2. The first-order valence-electron chi connectivity index (χ1n) is 14.0. The number of halogens is 1. The molecule has 7 nitrogen and oxygen atoms in total. The fourth-order valence-corrected chi connectivity index (χ4v) is 6.18. The lowest BCUT2D eigenvalue weighted by molar-refractivity contribution is 0.0673. The molecule has 3 aromatic rings. The lowest BCUT2D eigenvalue weighted by Crippen LogP contribution is -2.51. The molecule has 2 aliphatic rings. The highest BCUT2D eigenvalue weighted by molar-refractivity contribution is 5.99. The van der Waals surface area contributed by atoms with Crippen molar-refractivity contribution in [3.8, 4) is 5.69 Å². The van der Waals surface area contributed by atoms with Crippen molar-refractivity contribution in [2.45, 2.75) is 57.5 Å². The van der Waals surface area contributed by atoms with Crippen molar-refractivity contribution in [1.29, 1.82) is 0 Å². The molecule has 5 rings (SSSR count). The van der Waals surface area contributed by atoms with Gasteiger partial charge in [-0.1, -0.05) is 0 Å². The molecule has 1 aliphatic heterocycles. The van der Waals surface area contributed by atoms with Crippen molar-refractivity contribution in [1.82, 2.24) is 24.3 Å². The zero-order chi connectivity index (χ0) is 26.8. The van der Waals surface area contributed by atoms with E-state index in [4.69, 9.17) is 0 Å². The van der Waals surface area contributed by atoms with Crippen LogP contribution in [0, 0.1) is 5.82 Å². The van der Waals surface area contributed by atoms with E-state index in [1.54, 1.807) is 18.0 Å². The molecule has 38 heavy (non-hydrogen) atoms. The van der Waals surface area contributed by atoms with Crippen molar-refractivity contribution in [3.63, 3.8) is 0 Å². The van der Waals surface area contributed by atoms with Gasteiger partial charge in [0, 0.05) is 69.6 Å².